The van der Waals surface area contributed by atoms with Crippen molar-refractivity contribution in [2.45, 2.75) is 39.7 Å². The molecule has 1 saturated heterocycles. The third-order valence-corrected chi connectivity index (χ3v) is 6.09. The summed E-state index contributed by atoms with van der Waals surface area (Å²) in [5.74, 6) is 1.76. The van der Waals surface area contributed by atoms with Crippen LogP contribution in [-0.2, 0) is 6.42 Å². The van der Waals surface area contributed by atoms with E-state index in [1.165, 1.54) is 36.3 Å². The van der Waals surface area contributed by atoms with Crippen LogP contribution < -0.4 is 9.64 Å². The lowest BCUT2D eigenvalue weighted by molar-refractivity contribution is 0.251. The van der Waals surface area contributed by atoms with E-state index >= 15 is 0 Å². The normalized spacial score (nSPS) is 20.3. The van der Waals surface area contributed by atoms with Crippen molar-refractivity contribution in [2.75, 3.05) is 38.2 Å². The van der Waals surface area contributed by atoms with E-state index in [0.29, 0.717) is 6.04 Å². The molecule has 1 aromatic carbocycles. The largest absolute Gasteiger partial charge is 0.490 e. The number of likely N-dealkylation sites (tertiary alicyclic amines) is 1. The minimum atomic E-state index is 0. The van der Waals surface area contributed by atoms with Crippen molar-refractivity contribution in [3.8, 4) is 5.75 Å². The van der Waals surface area contributed by atoms with E-state index in [2.05, 4.69) is 72.9 Å². The van der Waals surface area contributed by atoms with Gasteiger partial charge in [-0.25, -0.2) is 0 Å². The van der Waals surface area contributed by atoms with E-state index in [1.54, 1.807) is 0 Å². The number of anilines is 1. The first-order chi connectivity index (χ1) is 13.0. The molecule has 2 aliphatic heterocycles. The number of ether oxygens (including phenoxy) is 1. The Kier molecular flexibility index (Phi) is 6.56. The number of likely N-dealkylation sites (N-methyl/N-ethyl adjacent to an activating group) is 1. The number of aromatic nitrogens is 1. The second kappa shape index (κ2) is 8.75. The summed E-state index contributed by atoms with van der Waals surface area (Å²) in [5, 5.41) is 0. The van der Waals surface area contributed by atoms with E-state index in [0.717, 1.165) is 42.6 Å². The summed E-state index contributed by atoms with van der Waals surface area (Å²) in [7, 11) is 2.14. The number of rotatable bonds is 4. The Morgan fingerprint density at radius 3 is 2.64 bits per heavy atom. The smallest absolute Gasteiger partial charge is 0.143 e. The molecular formula is C23H33N3OS. The number of benzene rings is 1. The van der Waals surface area contributed by atoms with Gasteiger partial charge in [-0.2, -0.15) is 13.5 Å². The van der Waals surface area contributed by atoms with Crippen molar-refractivity contribution in [1.82, 2.24) is 9.88 Å². The number of aryl methyl sites for hydroxylation is 2. The Bertz CT molecular complexity index is 805. The predicted octanol–water partition coefficient (Wildman–Crippen LogP) is 4.27. The summed E-state index contributed by atoms with van der Waals surface area (Å²) in [5.41, 5.74) is 6.27. The molecule has 0 N–H and O–H groups in total. The van der Waals surface area contributed by atoms with Gasteiger partial charge in [0.2, 0.25) is 0 Å². The maximum atomic E-state index is 5.90. The molecule has 0 aliphatic carbocycles. The fourth-order valence-corrected chi connectivity index (χ4v) is 4.60. The molecule has 28 heavy (non-hydrogen) atoms. The molecule has 0 amide bonds. The highest BCUT2D eigenvalue weighted by molar-refractivity contribution is 7.59. The minimum absolute atomic E-state index is 0. The van der Waals surface area contributed by atoms with Gasteiger partial charge in [-0.15, -0.1) is 0 Å². The fraction of sp³-hybridized carbons (Fsp3) is 0.522. The summed E-state index contributed by atoms with van der Waals surface area (Å²) < 4.78 is 5.90. The molecule has 152 valence electrons. The van der Waals surface area contributed by atoms with Crippen molar-refractivity contribution in [2.24, 2.45) is 5.92 Å². The van der Waals surface area contributed by atoms with Gasteiger partial charge in [-0.1, -0.05) is 6.07 Å². The molecule has 1 unspecified atom stereocenters. The Hall–Kier alpha value is -1.72. The molecule has 3 heterocycles. The van der Waals surface area contributed by atoms with E-state index in [4.69, 9.17) is 4.74 Å². The lowest BCUT2D eigenvalue weighted by Crippen LogP contribution is -2.29. The van der Waals surface area contributed by atoms with Crippen LogP contribution in [0.5, 0.6) is 5.75 Å². The van der Waals surface area contributed by atoms with E-state index in [-0.39, 0.29) is 13.5 Å². The summed E-state index contributed by atoms with van der Waals surface area (Å²) in [4.78, 5) is 9.41. The van der Waals surface area contributed by atoms with Crippen molar-refractivity contribution in [1.29, 1.82) is 0 Å². The molecule has 2 aromatic rings. The van der Waals surface area contributed by atoms with Crippen LogP contribution in [0.2, 0.25) is 0 Å². The average Bonchev–Trinajstić information content (AvgIpc) is 3.08. The Morgan fingerprint density at radius 1 is 1.14 bits per heavy atom. The van der Waals surface area contributed by atoms with Gasteiger partial charge in [0.05, 0.1) is 12.2 Å². The topological polar surface area (TPSA) is 28.6 Å². The Labute approximate surface area is 176 Å². The van der Waals surface area contributed by atoms with Gasteiger partial charge in [0.1, 0.15) is 12.4 Å². The molecule has 0 radical (unpaired) electrons. The van der Waals surface area contributed by atoms with Crippen LogP contribution in [0, 0.1) is 19.8 Å². The maximum absolute atomic E-state index is 5.90. The van der Waals surface area contributed by atoms with E-state index in [1.807, 2.05) is 0 Å². The summed E-state index contributed by atoms with van der Waals surface area (Å²) in [6, 6.07) is 11.7. The van der Waals surface area contributed by atoms with Crippen molar-refractivity contribution in [3.63, 3.8) is 0 Å². The molecule has 4 nitrogen and oxygen atoms in total. The first-order valence-electron chi connectivity index (χ1n) is 10.2. The third kappa shape index (κ3) is 4.47. The van der Waals surface area contributed by atoms with Gasteiger partial charge in [0.25, 0.3) is 0 Å². The van der Waals surface area contributed by atoms with E-state index < -0.39 is 0 Å². The highest BCUT2D eigenvalue weighted by Gasteiger charge is 2.28. The van der Waals surface area contributed by atoms with Gasteiger partial charge in [0.15, 0.2) is 0 Å². The maximum Gasteiger partial charge on any atom is 0.143 e. The second-order valence-corrected chi connectivity index (χ2v) is 8.29. The number of hydrogen-bond donors (Lipinski definition) is 0. The molecule has 4 rings (SSSR count). The van der Waals surface area contributed by atoms with Gasteiger partial charge in [-0.3, -0.25) is 9.88 Å². The first kappa shape index (κ1) is 21.0. The Morgan fingerprint density at radius 2 is 1.89 bits per heavy atom. The van der Waals surface area contributed by atoms with Gasteiger partial charge >= 0.3 is 0 Å². The van der Waals surface area contributed by atoms with Crippen LogP contribution >= 0.6 is 13.5 Å². The zero-order valence-corrected chi connectivity index (χ0v) is 18.5. The molecule has 0 spiro atoms. The number of nitrogens with zero attached hydrogens (tertiary/aromatic N) is 3. The van der Waals surface area contributed by atoms with Crippen LogP contribution in [0.1, 0.15) is 41.9 Å². The number of pyridine rings is 1. The van der Waals surface area contributed by atoms with Gasteiger partial charge in [0, 0.05) is 31.0 Å². The van der Waals surface area contributed by atoms with Crippen LogP contribution in [0.3, 0.4) is 0 Å². The summed E-state index contributed by atoms with van der Waals surface area (Å²) >= 11 is 0. The van der Waals surface area contributed by atoms with Crippen LogP contribution in [0.25, 0.3) is 0 Å². The molecule has 0 bridgehead atoms. The van der Waals surface area contributed by atoms with Gasteiger partial charge in [-0.05, 0) is 81.5 Å². The fourth-order valence-electron chi connectivity index (χ4n) is 4.60. The molecule has 1 aromatic heterocycles. The molecular weight excluding hydrogens is 366 g/mol. The van der Waals surface area contributed by atoms with E-state index in [9.17, 15) is 0 Å². The molecule has 5 heteroatoms. The molecule has 2 aliphatic rings. The molecule has 1 fully saturated rings. The SMILES string of the molecule is Cc1cc(C[C@H]2CCN(C(C)c3ccc4c(c3)OCCN4C)C2)cc(C)n1.S. The second-order valence-electron chi connectivity index (χ2n) is 8.29. The minimum Gasteiger partial charge on any atom is -0.490 e. The highest BCUT2D eigenvalue weighted by Crippen LogP contribution is 2.36. The number of hydrogen-bond acceptors (Lipinski definition) is 4. The number of fused-ring (bicyclic) bond motifs is 1. The average molecular weight is 400 g/mol. The van der Waals surface area contributed by atoms with Crippen molar-refractivity contribution in [3.05, 3.63) is 52.8 Å². The zero-order valence-electron chi connectivity index (χ0n) is 17.5. The predicted molar refractivity (Wildman–Crippen MR) is 121 cm³/mol. The molecule has 0 saturated carbocycles. The van der Waals surface area contributed by atoms with Gasteiger partial charge < -0.3 is 9.64 Å². The first-order valence-corrected chi connectivity index (χ1v) is 10.2. The highest BCUT2D eigenvalue weighted by atomic mass is 32.1. The zero-order chi connectivity index (χ0) is 19.0. The monoisotopic (exact) mass is 399 g/mol. The van der Waals surface area contributed by atoms with Crippen LogP contribution in [0.4, 0.5) is 5.69 Å². The Balaban J connectivity index is 0.00000225. The standard InChI is InChI=1S/C23H31N3O.H2S/c1-16-11-20(12-17(2)24-16)13-19-7-8-26(15-19)18(3)21-5-6-22-23(14-21)27-10-9-25(22)4;/h5-6,11-12,14,18-19H,7-10,13,15H2,1-4H3;1H2/t18?,19-;/m1./s1. The van der Waals surface area contributed by atoms with Crippen molar-refractivity contribution >= 4 is 19.2 Å². The van der Waals surface area contributed by atoms with Crippen molar-refractivity contribution < 1.29 is 4.74 Å². The van der Waals surface area contributed by atoms with Crippen LogP contribution in [0.15, 0.2) is 30.3 Å². The third-order valence-electron chi connectivity index (χ3n) is 6.09. The summed E-state index contributed by atoms with van der Waals surface area (Å²) in [6.07, 6.45) is 2.43. The van der Waals surface area contributed by atoms with Crippen LogP contribution in [-0.4, -0.2) is 43.2 Å². The summed E-state index contributed by atoms with van der Waals surface area (Å²) in [6.45, 7) is 10.6. The lowest BCUT2D eigenvalue weighted by atomic mass is 9.98. The molecule has 2 atom stereocenters. The quantitative estimate of drug-likeness (QED) is 0.768. The lowest BCUT2D eigenvalue weighted by Gasteiger charge is -2.30.